The molecule has 2 aliphatic rings. The molecule has 35 heavy (non-hydrogen) atoms. The van der Waals surface area contributed by atoms with E-state index < -0.39 is 6.09 Å². The fraction of sp³-hybridized carbons (Fsp3) is 0.458. The standard InChI is InChI=1S/C24H29N7O4/c1-15-3-4-17-18(31(15)24(34)35)5-6-19-22(17)27-20(8-12-29-10-2-9-26-29)30(19)14-21(32)28-11-7-16(13-28)23(25)33/h2,5-6,9-10,15-16H,3-4,7-8,11-14H2,1H3,(H2,25,33)(H,34,35)/t15-,16-/m0/s1. The molecule has 1 fully saturated rings. The molecule has 5 rings (SSSR count). The number of imidazole rings is 1. The average molecular weight is 480 g/mol. The highest BCUT2D eigenvalue weighted by molar-refractivity contribution is 5.95. The minimum atomic E-state index is -0.982. The molecule has 3 aromatic rings. The number of benzene rings is 1. The summed E-state index contributed by atoms with van der Waals surface area (Å²) in [5.41, 5.74) is 8.53. The molecule has 1 saturated heterocycles. The first-order valence-corrected chi connectivity index (χ1v) is 11.9. The number of likely N-dealkylation sites (tertiary alicyclic amines) is 1. The molecule has 11 nitrogen and oxygen atoms in total. The lowest BCUT2D eigenvalue weighted by atomic mass is 9.96. The van der Waals surface area contributed by atoms with Gasteiger partial charge in [-0.1, -0.05) is 0 Å². The maximum absolute atomic E-state index is 13.2. The van der Waals surface area contributed by atoms with E-state index in [2.05, 4.69) is 5.10 Å². The van der Waals surface area contributed by atoms with Gasteiger partial charge < -0.3 is 20.3 Å². The highest BCUT2D eigenvalue weighted by atomic mass is 16.4. The maximum atomic E-state index is 13.2. The van der Waals surface area contributed by atoms with Crippen molar-refractivity contribution in [1.82, 2.24) is 24.2 Å². The molecule has 0 aliphatic carbocycles. The van der Waals surface area contributed by atoms with E-state index in [4.69, 9.17) is 10.7 Å². The number of aryl methyl sites for hydroxylation is 3. The van der Waals surface area contributed by atoms with E-state index in [1.165, 1.54) is 4.90 Å². The van der Waals surface area contributed by atoms with Crippen molar-refractivity contribution in [3.8, 4) is 0 Å². The molecule has 2 aliphatic heterocycles. The van der Waals surface area contributed by atoms with Gasteiger partial charge in [0.1, 0.15) is 12.4 Å². The number of hydrogen-bond donors (Lipinski definition) is 2. The Kier molecular flexibility index (Phi) is 5.91. The summed E-state index contributed by atoms with van der Waals surface area (Å²) in [5.74, 6) is -0.0406. The number of carbonyl (C=O) groups excluding carboxylic acids is 2. The van der Waals surface area contributed by atoms with Gasteiger partial charge in [0.25, 0.3) is 0 Å². The Bertz CT molecular complexity index is 1280. The van der Waals surface area contributed by atoms with Gasteiger partial charge in [-0.15, -0.1) is 0 Å². The van der Waals surface area contributed by atoms with E-state index in [0.29, 0.717) is 51.0 Å². The molecule has 1 aromatic carbocycles. The zero-order chi connectivity index (χ0) is 24.7. The fourth-order valence-corrected chi connectivity index (χ4v) is 5.24. The number of anilines is 1. The van der Waals surface area contributed by atoms with Crippen LogP contribution < -0.4 is 10.6 Å². The predicted octanol–water partition coefficient (Wildman–Crippen LogP) is 1.63. The summed E-state index contributed by atoms with van der Waals surface area (Å²) in [6, 6.07) is 5.41. The number of nitrogens with two attached hydrogens (primary N) is 1. The van der Waals surface area contributed by atoms with Crippen LogP contribution in [0.3, 0.4) is 0 Å². The van der Waals surface area contributed by atoms with Crippen LogP contribution in [0.15, 0.2) is 30.6 Å². The summed E-state index contributed by atoms with van der Waals surface area (Å²) in [5, 5.41) is 14.0. The van der Waals surface area contributed by atoms with Crippen molar-refractivity contribution in [2.75, 3.05) is 18.0 Å². The Labute approximate surface area is 202 Å². The third-order valence-electron chi connectivity index (χ3n) is 7.16. The van der Waals surface area contributed by atoms with Crippen molar-refractivity contribution in [2.24, 2.45) is 11.7 Å². The van der Waals surface area contributed by atoms with Crippen LogP contribution in [0.25, 0.3) is 11.0 Å². The van der Waals surface area contributed by atoms with Crippen molar-refractivity contribution in [1.29, 1.82) is 0 Å². The monoisotopic (exact) mass is 479 g/mol. The number of nitrogens with zero attached hydrogens (tertiary/aromatic N) is 6. The number of amides is 3. The molecule has 11 heteroatoms. The molecular weight excluding hydrogens is 450 g/mol. The second-order valence-electron chi connectivity index (χ2n) is 9.33. The first-order chi connectivity index (χ1) is 16.8. The van der Waals surface area contributed by atoms with Gasteiger partial charge in [0, 0.05) is 50.1 Å². The van der Waals surface area contributed by atoms with Crippen LogP contribution in [0.5, 0.6) is 0 Å². The first kappa shape index (κ1) is 22.9. The Morgan fingerprint density at radius 1 is 1.23 bits per heavy atom. The third-order valence-corrected chi connectivity index (χ3v) is 7.16. The van der Waals surface area contributed by atoms with Crippen molar-refractivity contribution < 1.29 is 19.5 Å². The van der Waals surface area contributed by atoms with Crippen LogP contribution in [0.4, 0.5) is 10.5 Å². The molecular formula is C24H29N7O4. The van der Waals surface area contributed by atoms with Gasteiger partial charge in [0.05, 0.1) is 22.6 Å². The molecule has 2 atom stereocenters. The van der Waals surface area contributed by atoms with Gasteiger partial charge >= 0.3 is 6.09 Å². The fourth-order valence-electron chi connectivity index (χ4n) is 5.24. The SMILES string of the molecule is C[C@H]1CCc2c(ccc3c2nc(CCn2cccn2)n3CC(=O)N2CC[C@H](C(N)=O)C2)N1C(=O)O. The number of hydrogen-bond acceptors (Lipinski definition) is 5. The van der Waals surface area contributed by atoms with E-state index in [0.717, 1.165) is 22.4 Å². The number of carbonyl (C=O) groups is 3. The molecule has 0 radical (unpaired) electrons. The van der Waals surface area contributed by atoms with Gasteiger partial charge in [0.2, 0.25) is 11.8 Å². The Balaban J connectivity index is 1.51. The molecule has 184 valence electrons. The topological polar surface area (TPSA) is 140 Å². The summed E-state index contributed by atoms with van der Waals surface area (Å²) in [6.07, 6.45) is 5.16. The largest absolute Gasteiger partial charge is 0.465 e. The van der Waals surface area contributed by atoms with Crippen LogP contribution in [0.2, 0.25) is 0 Å². The first-order valence-electron chi connectivity index (χ1n) is 11.9. The zero-order valence-corrected chi connectivity index (χ0v) is 19.6. The normalized spacial score (nSPS) is 19.8. The zero-order valence-electron chi connectivity index (χ0n) is 19.6. The molecule has 0 spiro atoms. The Morgan fingerprint density at radius 2 is 2.06 bits per heavy atom. The lowest BCUT2D eigenvalue weighted by molar-refractivity contribution is -0.131. The molecule has 3 N–H and O–H groups in total. The summed E-state index contributed by atoms with van der Waals surface area (Å²) < 4.78 is 3.73. The summed E-state index contributed by atoms with van der Waals surface area (Å²) in [6.45, 7) is 3.43. The predicted molar refractivity (Wildman–Crippen MR) is 128 cm³/mol. The van der Waals surface area contributed by atoms with Crippen LogP contribution >= 0.6 is 0 Å². The Morgan fingerprint density at radius 3 is 2.74 bits per heavy atom. The van der Waals surface area contributed by atoms with E-state index in [-0.39, 0.29) is 30.3 Å². The van der Waals surface area contributed by atoms with E-state index >= 15 is 0 Å². The molecule has 0 saturated carbocycles. The van der Waals surface area contributed by atoms with Crippen molar-refractivity contribution in [3.63, 3.8) is 0 Å². The average Bonchev–Trinajstić information content (AvgIpc) is 3.57. The quantitative estimate of drug-likeness (QED) is 0.551. The summed E-state index contributed by atoms with van der Waals surface area (Å²) >= 11 is 0. The molecule has 0 bridgehead atoms. The second kappa shape index (κ2) is 9.05. The Hall–Kier alpha value is -3.89. The van der Waals surface area contributed by atoms with Crippen LogP contribution in [-0.2, 0) is 35.5 Å². The highest BCUT2D eigenvalue weighted by Gasteiger charge is 2.32. The number of rotatable bonds is 6. The van der Waals surface area contributed by atoms with Gasteiger partial charge in [-0.25, -0.2) is 9.78 Å². The molecule has 0 unspecified atom stereocenters. The van der Waals surface area contributed by atoms with Crippen LogP contribution in [0.1, 0.15) is 31.2 Å². The van der Waals surface area contributed by atoms with E-state index in [9.17, 15) is 19.5 Å². The van der Waals surface area contributed by atoms with E-state index in [1.807, 2.05) is 40.6 Å². The molecule has 4 heterocycles. The van der Waals surface area contributed by atoms with Gasteiger partial charge in [0.15, 0.2) is 0 Å². The summed E-state index contributed by atoms with van der Waals surface area (Å²) in [7, 11) is 0. The van der Waals surface area contributed by atoms with Gasteiger partial charge in [-0.3, -0.25) is 19.2 Å². The van der Waals surface area contributed by atoms with Gasteiger partial charge in [-0.2, -0.15) is 5.10 Å². The minimum absolute atomic E-state index is 0.0908. The van der Waals surface area contributed by atoms with Crippen LogP contribution in [0, 0.1) is 5.92 Å². The van der Waals surface area contributed by atoms with Crippen molar-refractivity contribution in [3.05, 3.63) is 42.0 Å². The highest BCUT2D eigenvalue weighted by Crippen LogP contribution is 2.36. The van der Waals surface area contributed by atoms with Crippen molar-refractivity contribution in [2.45, 2.75) is 51.7 Å². The van der Waals surface area contributed by atoms with Crippen molar-refractivity contribution >= 4 is 34.6 Å². The molecule has 2 aromatic heterocycles. The number of carboxylic acid groups (broad SMARTS) is 1. The van der Waals surface area contributed by atoms with Gasteiger partial charge in [-0.05, 0) is 44.4 Å². The number of primary amides is 1. The van der Waals surface area contributed by atoms with E-state index in [1.54, 1.807) is 11.1 Å². The smallest absolute Gasteiger partial charge is 0.412 e. The summed E-state index contributed by atoms with van der Waals surface area (Å²) in [4.78, 5) is 44.7. The minimum Gasteiger partial charge on any atom is -0.465 e. The molecule has 3 amide bonds. The van der Waals surface area contributed by atoms with Crippen LogP contribution in [-0.4, -0.2) is 66.4 Å². The lowest BCUT2D eigenvalue weighted by Crippen LogP contribution is -2.41. The number of aromatic nitrogens is 4. The maximum Gasteiger partial charge on any atom is 0.412 e. The third kappa shape index (κ3) is 4.22. The second-order valence-corrected chi connectivity index (χ2v) is 9.33. The lowest BCUT2D eigenvalue weighted by Gasteiger charge is -2.33. The number of fused-ring (bicyclic) bond motifs is 3.